The molecule has 0 unspecified atom stereocenters. The minimum Gasteiger partial charge on any atom is -0.359 e. The van der Waals surface area contributed by atoms with Crippen molar-refractivity contribution in [3.05, 3.63) is 0 Å². The van der Waals surface area contributed by atoms with Crippen LogP contribution in [0.1, 0.15) is 20.8 Å². The highest BCUT2D eigenvalue weighted by atomic mass is 19.4. The SMILES string of the molecule is CC.CON(C)C(=O)[C@@H](C)OCC(F)(F)F. The number of hydrogen-bond acceptors (Lipinski definition) is 3. The maximum absolute atomic E-state index is 11.7. The molecule has 0 aliphatic rings. The fourth-order valence-electron chi connectivity index (χ4n) is 0.637. The molecule has 0 rings (SSSR count). The number of halogens is 3. The third kappa shape index (κ3) is 8.49. The molecule has 98 valence electrons. The fraction of sp³-hybridized carbons (Fsp3) is 0.889. The van der Waals surface area contributed by atoms with E-state index in [1.54, 1.807) is 0 Å². The molecule has 7 heteroatoms. The molecule has 0 spiro atoms. The Kier molecular flexibility index (Phi) is 9.17. The zero-order chi connectivity index (χ0) is 13.4. The van der Waals surface area contributed by atoms with E-state index in [2.05, 4.69) is 9.57 Å². The Hall–Kier alpha value is -0.820. The van der Waals surface area contributed by atoms with Crippen LogP contribution >= 0.6 is 0 Å². The summed E-state index contributed by atoms with van der Waals surface area (Å²) in [5, 5.41) is 0.807. The molecule has 4 nitrogen and oxygen atoms in total. The summed E-state index contributed by atoms with van der Waals surface area (Å²) in [4.78, 5) is 15.6. The van der Waals surface area contributed by atoms with Gasteiger partial charge in [-0.15, -0.1) is 0 Å². The van der Waals surface area contributed by atoms with Crippen LogP contribution in [-0.4, -0.2) is 44.0 Å². The zero-order valence-corrected chi connectivity index (χ0v) is 10.1. The third-order valence-corrected chi connectivity index (χ3v) is 1.43. The van der Waals surface area contributed by atoms with Gasteiger partial charge in [-0.25, -0.2) is 5.06 Å². The van der Waals surface area contributed by atoms with E-state index in [0.717, 1.165) is 5.06 Å². The van der Waals surface area contributed by atoms with Gasteiger partial charge in [-0.1, -0.05) is 13.8 Å². The molecule has 0 radical (unpaired) electrons. The standard InChI is InChI=1S/C7H12F3NO3.C2H6/c1-5(6(12)11(2)13-3)14-4-7(8,9)10;1-2/h5H,4H2,1-3H3;1-2H3/t5-;/m1./s1. The molecule has 0 saturated carbocycles. The van der Waals surface area contributed by atoms with Crippen LogP contribution in [0.3, 0.4) is 0 Å². The minimum absolute atomic E-state index is 0.670. The summed E-state index contributed by atoms with van der Waals surface area (Å²) in [6.07, 6.45) is -5.61. The number of carbonyl (C=O) groups is 1. The van der Waals surface area contributed by atoms with Crippen molar-refractivity contribution in [3.63, 3.8) is 0 Å². The van der Waals surface area contributed by atoms with E-state index in [4.69, 9.17) is 0 Å². The van der Waals surface area contributed by atoms with E-state index in [1.165, 1.54) is 21.1 Å². The molecule has 0 aliphatic heterocycles. The Morgan fingerprint density at radius 1 is 1.38 bits per heavy atom. The van der Waals surface area contributed by atoms with Crippen molar-refractivity contribution in [2.75, 3.05) is 20.8 Å². The van der Waals surface area contributed by atoms with Crippen LogP contribution in [0.5, 0.6) is 0 Å². The van der Waals surface area contributed by atoms with Gasteiger partial charge in [0.05, 0.1) is 7.11 Å². The second-order valence-corrected chi connectivity index (χ2v) is 2.59. The summed E-state index contributed by atoms with van der Waals surface area (Å²) in [6.45, 7) is 3.78. The predicted octanol–water partition coefficient (Wildman–Crippen LogP) is 2.00. The van der Waals surface area contributed by atoms with Crippen LogP contribution in [0.25, 0.3) is 0 Å². The summed E-state index contributed by atoms with van der Waals surface area (Å²) in [6, 6.07) is 0. The predicted molar refractivity (Wildman–Crippen MR) is 52.6 cm³/mol. The Bertz CT molecular complexity index is 197. The molecule has 0 N–H and O–H groups in total. The molecule has 0 saturated heterocycles. The average molecular weight is 245 g/mol. The molecule has 0 aromatic heterocycles. The Morgan fingerprint density at radius 3 is 2.12 bits per heavy atom. The zero-order valence-electron chi connectivity index (χ0n) is 10.1. The van der Waals surface area contributed by atoms with Crippen LogP contribution in [0.2, 0.25) is 0 Å². The molecule has 0 aromatic rings. The van der Waals surface area contributed by atoms with E-state index in [-0.39, 0.29) is 0 Å². The molecule has 0 heterocycles. The van der Waals surface area contributed by atoms with Gasteiger partial charge in [0.2, 0.25) is 0 Å². The van der Waals surface area contributed by atoms with E-state index >= 15 is 0 Å². The molecule has 1 amide bonds. The normalized spacial score (nSPS) is 12.5. The summed E-state index contributed by atoms with van der Waals surface area (Å²) in [7, 11) is 2.52. The first-order valence-corrected chi connectivity index (χ1v) is 4.78. The van der Waals surface area contributed by atoms with E-state index < -0.39 is 24.8 Å². The van der Waals surface area contributed by atoms with Gasteiger partial charge in [0.25, 0.3) is 5.91 Å². The van der Waals surface area contributed by atoms with Crippen molar-refractivity contribution in [2.45, 2.75) is 33.1 Å². The summed E-state index contributed by atoms with van der Waals surface area (Å²) < 4.78 is 39.3. The molecule has 0 fully saturated rings. The summed E-state index contributed by atoms with van der Waals surface area (Å²) >= 11 is 0. The van der Waals surface area contributed by atoms with Gasteiger partial charge in [-0.05, 0) is 6.92 Å². The van der Waals surface area contributed by atoms with E-state index in [9.17, 15) is 18.0 Å². The van der Waals surface area contributed by atoms with Crippen molar-refractivity contribution >= 4 is 5.91 Å². The maximum atomic E-state index is 11.7. The number of ether oxygens (including phenoxy) is 1. The van der Waals surface area contributed by atoms with E-state index in [1.807, 2.05) is 13.8 Å². The van der Waals surface area contributed by atoms with Gasteiger partial charge in [0.15, 0.2) is 0 Å². The molecule has 1 atom stereocenters. The van der Waals surface area contributed by atoms with Crippen molar-refractivity contribution in [1.82, 2.24) is 5.06 Å². The second-order valence-electron chi connectivity index (χ2n) is 2.59. The molecule has 0 bridgehead atoms. The van der Waals surface area contributed by atoms with Crippen LogP contribution in [0.15, 0.2) is 0 Å². The Labute approximate surface area is 93.3 Å². The van der Waals surface area contributed by atoms with Crippen LogP contribution in [-0.2, 0) is 14.4 Å². The number of rotatable bonds is 4. The Balaban J connectivity index is 0. The second kappa shape index (κ2) is 8.35. The number of nitrogens with zero attached hydrogens (tertiary/aromatic N) is 1. The molecule has 0 aliphatic carbocycles. The topological polar surface area (TPSA) is 38.8 Å². The summed E-state index contributed by atoms with van der Waals surface area (Å²) in [5.41, 5.74) is 0. The first kappa shape index (κ1) is 17.6. The lowest BCUT2D eigenvalue weighted by atomic mass is 10.4. The molecule has 16 heavy (non-hydrogen) atoms. The highest BCUT2D eigenvalue weighted by Crippen LogP contribution is 2.15. The Morgan fingerprint density at radius 2 is 1.81 bits per heavy atom. The monoisotopic (exact) mass is 245 g/mol. The number of amides is 1. The van der Waals surface area contributed by atoms with Crippen LogP contribution in [0, 0.1) is 0 Å². The highest BCUT2D eigenvalue weighted by molar-refractivity contribution is 5.79. The van der Waals surface area contributed by atoms with Crippen molar-refractivity contribution in [3.8, 4) is 0 Å². The van der Waals surface area contributed by atoms with E-state index in [0.29, 0.717) is 0 Å². The van der Waals surface area contributed by atoms with Gasteiger partial charge in [-0.3, -0.25) is 9.63 Å². The molecular weight excluding hydrogens is 227 g/mol. The summed E-state index contributed by atoms with van der Waals surface area (Å²) in [5.74, 6) is -0.670. The first-order chi connectivity index (χ1) is 7.28. The van der Waals surface area contributed by atoms with Gasteiger partial charge in [-0.2, -0.15) is 13.2 Å². The highest BCUT2D eigenvalue weighted by Gasteiger charge is 2.30. The minimum atomic E-state index is -4.43. The number of alkyl halides is 3. The van der Waals surface area contributed by atoms with Gasteiger partial charge in [0, 0.05) is 7.05 Å². The van der Waals surface area contributed by atoms with Gasteiger partial charge >= 0.3 is 6.18 Å². The smallest absolute Gasteiger partial charge is 0.359 e. The molecule has 0 aromatic carbocycles. The lowest BCUT2D eigenvalue weighted by molar-refractivity contribution is -0.201. The number of likely N-dealkylation sites (N-methyl/N-ethyl adjacent to an activating group) is 1. The number of carbonyl (C=O) groups excluding carboxylic acids is 1. The third-order valence-electron chi connectivity index (χ3n) is 1.43. The lowest BCUT2D eigenvalue weighted by Crippen LogP contribution is -2.37. The quantitative estimate of drug-likeness (QED) is 0.711. The lowest BCUT2D eigenvalue weighted by Gasteiger charge is -2.19. The van der Waals surface area contributed by atoms with Gasteiger partial charge in [0.1, 0.15) is 12.7 Å². The largest absolute Gasteiger partial charge is 0.411 e. The number of hydrogen-bond donors (Lipinski definition) is 0. The molecular formula is C9H18F3NO3. The van der Waals surface area contributed by atoms with Crippen LogP contribution < -0.4 is 0 Å². The van der Waals surface area contributed by atoms with Crippen molar-refractivity contribution in [2.24, 2.45) is 0 Å². The van der Waals surface area contributed by atoms with Crippen LogP contribution in [0.4, 0.5) is 13.2 Å². The van der Waals surface area contributed by atoms with Gasteiger partial charge < -0.3 is 4.74 Å². The number of hydroxylamine groups is 2. The van der Waals surface area contributed by atoms with Crippen molar-refractivity contribution in [1.29, 1.82) is 0 Å². The first-order valence-electron chi connectivity index (χ1n) is 4.78. The average Bonchev–Trinajstić information content (AvgIpc) is 2.25. The maximum Gasteiger partial charge on any atom is 0.411 e. The van der Waals surface area contributed by atoms with Crippen molar-refractivity contribution < 1.29 is 27.5 Å². The fourth-order valence-corrected chi connectivity index (χ4v) is 0.637.